The van der Waals surface area contributed by atoms with Gasteiger partial charge in [0.25, 0.3) is 0 Å². The van der Waals surface area contributed by atoms with E-state index in [-0.39, 0.29) is 5.91 Å². The molecule has 7 nitrogen and oxygen atoms in total. The standard InChI is InChI=1S/C16H13FN6OS2/c1-9(14(24)20-15-11(8-18)5-6-25-15)26-16-22-21-13(23(16)19)10-3-2-4-12(17)7-10/h2-7,9H,19H2,1H3,(H,20,24)/t9-/m0/s1. The Morgan fingerprint density at radius 1 is 1.46 bits per heavy atom. The maximum atomic E-state index is 13.4. The fourth-order valence-corrected chi connectivity index (χ4v) is 3.61. The number of rotatable bonds is 5. The number of nitrogen functional groups attached to an aromatic ring is 1. The third-order valence-corrected chi connectivity index (χ3v) is 5.31. The summed E-state index contributed by atoms with van der Waals surface area (Å²) in [6.07, 6.45) is 0. The lowest BCUT2D eigenvalue weighted by Gasteiger charge is -2.10. The van der Waals surface area contributed by atoms with Crippen LogP contribution < -0.4 is 11.2 Å². The lowest BCUT2D eigenvalue weighted by atomic mass is 10.2. The van der Waals surface area contributed by atoms with E-state index in [2.05, 4.69) is 15.5 Å². The molecule has 0 saturated heterocycles. The van der Waals surface area contributed by atoms with E-state index >= 15 is 0 Å². The first-order valence-corrected chi connectivity index (χ1v) is 9.17. The highest BCUT2D eigenvalue weighted by atomic mass is 32.2. The van der Waals surface area contributed by atoms with Crippen LogP contribution >= 0.6 is 23.1 Å². The molecule has 0 spiro atoms. The topological polar surface area (TPSA) is 110 Å². The summed E-state index contributed by atoms with van der Waals surface area (Å²) >= 11 is 2.39. The third-order valence-electron chi connectivity index (χ3n) is 3.42. The summed E-state index contributed by atoms with van der Waals surface area (Å²) in [5.74, 6) is 5.59. The van der Waals surface area contributed by atoms with Crippen LogP contribution in [-0.2, 0) is 4.79 Å². The Morgan fingerprint density at radius 2 is 2.27 bits per heavy atom. The molecule has 0 aliphatic heterocycles. The Bertz CT molecular complexity index is 993. The first-order chi connectivity index (χ1) is 12.5. The van der Waals surface area contributed by atoms with Crippen molar-refractivity contribution in [2.45, 2.75) is 17.3 Å². The first kappa shape index (κ1) is 17.9. The van der Waals surface area contributed by atoms with Crippen LogP contribution in [0.3, 0.4) is 0 Å². The van der Waals surface area contributed by atoms with Gasteiger partial charge in [0, 0.05) is 5.56 Å². The number of nitrogens with zero attached hydrogens (tertiary/aromatic N) is 4. The van der Waals surface area contributed by atoms with Gasteiger partial charge in [0.05, 0.1) is 10.8 Å². The second kappa shape index (κ2) is 7.55. The number of nitriles is 1. The quantitative estimate of drug-likeness (QED) is 0.514. The highest BCUT2D eigenvalue weighted by molar-refractivity contribution is 8.00. The average molecular weight is 388 g/mol. The van der Waals surface area contributed by atoms with Gasteiger partial charge in [-0.2, -0.15) is 5.26 Å². The molecule has 0 radical (unpaired) electrons. The van der Waals surface area contributed by atoms with Crippen LogP contribution in [0.15, 0.2) is 40.9 Å². The molecule has 1 aromatic carbocycles. The maximum absolute atomic E-state index is 13.4. The zero-order valence-electron chi connectivity index (χ0n) is 13.5. The predicted molar refractivity (Wildman–Crippen MR) is 98.5 cm³/mol. The first-order valence-electron chi connectivity index (χ1n) is 7.41. The maximum Gasteiger partial charge on any atom is 0.238 e. The van der Waals surface area contributed by atoms with Gasteiger partial charge in [-0.25, -0.2) is 9.07 Å². The van der Waals surface area contributed by atoms with Crippen LogP contribution in [0.1, 0.15) is 12.5 Å². The highest BCUT2D eigenvalue weighted by Crippen LogP contribution is 2.27. The number of hydrogen-bond donors (Lipinski definition) is 2. The summed E-state index contributed by atoms with van der Waals surface area (Å²) < 4.78 is 14.6. The number of thioether (sulfide) groups is 1. The number of carbonyl (C=O) groups excluding carboxylic acids is 1. The number of thiophene rings is 1. The molecule has 1 amide bonds. The van der Waals surface area contributed by atoms with Crippen LogP contribution in [0.2, 0.25) is 0 Å². The van der Waals surface area contributed by atoms with Gasteiger partial charge in [0.15, 0.2) is 5.82 Å². The number of nitrogens with one attached hydrogen (secondary N) is 1. The summed E-state index contributed by atoms with van der Waals surface area (Å²) in [4.78, 5) is 12.3. The van der Waals surface area contributed by atoms with Crippen LogP contribution in [0.4, 0.5) is 9.39 Å². The van der Waals surface area contributed by atoms with Gasteiger partial charge in [-0.05, 0) is 30.5 Å². The van der Waals surface area contributed by atoms with Crippen LogP contribution in [0.25, 0.3) is 11.4 Å². The van der Waals surface area contributed by atoms with Gasteiger partial charge in [0.1, 0.15) is 16.9 Å². The van der Waals surface area contributed by atoms with Crippen molar-refractivity contribution in [3.05, 3.63) is 47.1 Å². The summed E-state index contributed by atoms with van der Waals surface area (Å²) in [7, 11) is 0. The molecule has 0 aliphatic carbocycles. The molecular formula is C16H13FN6OS2. The number of halogens is 1. The molecule has 10 heteroatoms. The minimum absolute atomic E-state index is 0.288. The van der Waals surface area contributed by atoms with Crippen LogP contribution in [-0.4, -0.2) is 26.0 Å². The van der Waals surface area contributed by atoms with E-state index in [1.807, 2.05) is 6.07 Å². The van der Waals surface area contributed by atoms with Gasteiger partial charge >= 0.3 is 0 Å². The summed E-state index contributed by atoms with van der Waals surface area (Å²) in [5.41, 5.74) is 0.900. The number of carbonyl (C=O) groups is 1. The molecule has 3 N–H and O–H groups in total. The largest absolute Gasteiger partial charge is 0.335 e. The Hall–Kier alpha value is -2.90. The molecule has 2 heterocycles. The molecule has 3 aromatic rings. The highest BCUT2D eigenvalue weighted by Gasteiger charge is 2.21. The van der Waals surface area contributed by atoms with Crippen molar-refractivity contribution in [2.24, 2.45) is 0 Å². The second-order valence-electron chi connectivity index (χ2n) is 5.21. The molecule has 0 aliphatic rings. The van der Waals surface area contributed by atoms with Crippen molar-refractivity contribution in [2.75, 3.05) is 11.2 Å². The van der Waals surface area contributed by atoms with Gasteiger partial charge < -0.3 is 11.2 Å². The zero-order chi connectivity index (χ0) is 18.7. The van der Waals surface area contributed by atoms with Gasteiger partial charge in [-0.1, -0.05) is 23.9 Å². The van der Waals surface area contributed by atoms with E-state index in [1.165, 1.54) is 28.1 Å². The molecule has 1 atom stereocenters. The fraction of sp³-hybridized carbons (Fsp3) is 0.125. The van der Waals surface area contributed by atoms with Gasteiger partial charge in [-0.15, -0.1) is 21.5 Å². The van der Waals surface area contributed by atoms with Crippen molar-refractivity contribution in [1.82, 2.24) is 14.9 Å². The van der Waals surface area contributed by atoms with Crippen molar-refractivity contribution < 1.29 is 9.18 Å². The Morgan fingerprint density at radius 3 is 3.00 bits per heavy atom. The lowest BCUT2D eigenvalue weighted by Crippen LogP contribution is -2.23. The molecule has 3 rings (SSSR count). The number of aromatic nitrogens is 3. The fourth-order valence-electron chi connectivity index (χ4n) is 2.10. The molecule has 132 valence electrons. The summed E-state index contributed by atoms with van der Waals surface area (Å²) in [5, 5.41) is 21.7. The van der Waals surface area contributed by atoms with Crippen molar-refractivity contribution in [1.29, 1.82) is 5.26 Å². The molecule has 2 aromatic heterocycles. The number of anilines is 1. The number of hydrogen-bond acceptors (Lipinski definition) is 7. The third kappa shape index (κ3) is 3.68. The van der Waals surface area contributed by atoms with E-state index in [4.69, 9.17) is 11.1 Å². The number of amides is 1. The van der Waals surface area contributed by atoms with E-state index in [0.29, 0.717) is 27.1 Å². The normalized spacial score (nSPS) is 11.7. The Labute approximate surface area is 156 Å². The zero-order valence-corrected chi connectivity index (χ0v) is 15.1. The summed E-state index contributed by atoms with van der Waals surface area (Å²) in [6, 6.07) is 9.50. The van der Waals surface area contributed by atoms with E-state index in [0.717, 1.165) is 11.8 Å². The van der Waals surface area contributed by atoms with Crippen molar-refractivity contribution in [3.8, 4) is 17.5 Å². The van der Waals surface area contributed by atoms with Gasteiger partial charge in [-0.3, -0.25) is 4.79 Å². The lowest BCUT2D eigenvalue weighted by molar-refractivity contribution is -0.115. The smallest absolute Gasteiger partial charge is 0.238 e. The number of nitrogens with two attached hydrogens (primary N) is 1. The van der Waals surface area contributed by atoms with Crippen molar-refractivity contribution >= 4 is 34.0 Å². The molecule has 0 unspecified atom stereocenters. The predicted octanol–water partition coefficient (Wildman–Crippen LogP) is 2.85. The van der Waals surface area contributed by atoms with E-state index in [1.54, 1.807) is 30.5 Å². The van der Waals surface area contributed by atoms with Crippen molar-refractivity contribution in [3.63, 3.8) is 0 Å². The SMILES string of the molecule is C[C@H](Sc1nnc(-c2cccc(F)c2)n1N)C(=O)Nc1sccc1C#N. The van der Waals surface area contributed by atoms with Crippen LogP contribution in [0, 0.1) is 17.1 Å². The molecule has 26 heavy (non-hydrogen) atoms. The van der Waals surface area contributed by atoms with Crippen LogP contribution in [0.5, 0.6) is 0 Å². The molecule has 0 saturated carbocycles. The van der Waals surface area contributed by atoms with E-state index < -0.39 is 11.1 Å². The Kier molecular flexibility index (Phi) is 5.20. The molecule has 0 fully saturated rings. The number of benzene rings is 1. The van der Waals surface area contributed by atoms with Gasteiger partial charge in [0.2, 0.25) is 11.1 Å². The minimum atomic E-state index is -0.532. The molecular weight excluding hydrogens is 375 g/mol. The monoisotopic (exact) mass is 388 g/mol. The Balaban J connectivity index is 1.73. The minimum Gasteiger partial charge on any atom is -0.335 e. The second-order valence-corrected chi connectivity index (χ2v) is 7.44. The molecule has 0 bridgehead atoms. The average Bonchev–Trinajstić information content (AvgIpc) is 3.21. The van der Waals surface area contributed by atoms with E-state index in [9.17, 15) is 9.18 Å². The summed E-state index contributed by atoms with van der Waals surface area (Å²) in [6.45, 7) is 1.69.